The lowest BCUT2D eigenvalue weighted by Crippen LogP contribution is -2.40. The SMILES string of the molecule is CC(C)N=C1NC(=O)C(C)(c2ccc3c(c2)OCO3)N1. The first-order valence-electron chi connectivity index (χ1n) is 6.56. The third-order valence-corrected chi connectivity index (χ3v) is 3.39. The van der Waals surface area contributed by atoms with Crippen molar-refractivity contribution in [2.75, 3.05) is 6.79 Å². The molecular formula is C14H17N3O3. The number of hydrogen-bond donors (Lipinski definition) is 2. The molecular weight excluding hydrogens is 258 g/mol. The molecule has 106 valence electrons. The Morgan fingerprint density at radius 2 is 2.05 bits per heavy atom. The van der Waals surface area contributed by atoms with Crippen LogP contribution in [0.4, 0.5) is 0 Å². The molecule has 1 atom stereocenters. The van der Waals surface area contributed by atoms with Crippen LogP contribution in [-0.2, 0) is 10.3 Å². The minimum Gasteiger partial charge on any atom is -0.454 e. The van der Waals surface area contributed by atoms with Crippen molar-refractivity contribution >= 4 is 11.9 Å². The van der Waals surface area contributed by atoms with Gasteiger partial charge in [0.25, 0.3) is 5.91 Å². The van der Waals surface area contributed by atoms with Crippen molar-refractivity contribution < 1.29 is 14.3 Å². The Hall–Kier alpha value is -2.24. The molecule has 1 aromatic rings. The van der Waals surface area contributed by atoms with E-state index in [4.69, 9.17) is 9.47 Å². The Balaban J connectivity index is 1.94. The minimum atomic E-state index is -0.852. The quantitative estimate of drug-likeness (QED) is 0.848. The van der Waals surface area contributed by atoms with E-state index in [9.17, 15) is 4.79 Å². The molecule has 1 saturated heterocycles. The summed E-state index contributed by atoms with van der Waals surface area (Å²) in [4.78, 5) is 16.6. The van der Waals surface area contributed by atoms with Crippen molar-refractivity contribution in [2.24, 2.45) is 4.99 Å². The van der Waals surface area contributed by atoms with Crippen LogP contribution in [0.15, 0.2) is 23.2 Å². The zero-order valence-corrected chi connectivity index (χ0v) is 11.7. The largest absolute Gasteiger partial charge is 0.454 e. The van der Waals surface area contributed by atoms with Gasteiger partial charge in [-0.3, -0.25) is 15.1 Å². The van der Waals surface area contributed by atoms with Crippen molar-refractivity contribution in [1.29, 1.82) is 0 Å². The van der Waals surface area contributed by atoms with E-state index in [1.54, 1.807) is 0 Å². The van der Waals surface area contributed by atoms with Crippen LogP contribution in [0.25, 0.3) is 0 Å². The first-order valence-corrected chi connectivity index (χ1v) is 6.56. The molecule has 2 N–H and O–H groups in total. The van der Waals surface area contributed by atoms with Crippen LogP contribution in [0.5, 0.6) is 11.5 Å². The molecule has 0 radical (unpaired) electrons. The molecule has 6 nitrogen and oxygen atoms in total. The van der Waals surface area contributed by atoms with Crippen molar-refractivity contribution in [3.63, 3.8) is 0 Å². The average Bonchev–Trinajstić information content (AvgIpc) is 2.94. The summed E-state index contributed by atoms with van der Waals surface area (Å²) >= 11 is 0. The fraction of sp³-hybridized carbons (Fsp3) is 0.429. The summed E-state index contributed by atoms with van der Waals surface area (Å²) in [6.45, 7) is 5.95. The fourth-order valence-electron chi connectivity index (χ4n) is 2.29. The summed E-state index contributed by atoms with van der Waals surface area (Å²) in [5, 5.41) is 5.92. The summed E-state index contributed by atoms with van der Waals surface area (Å²) in [5.74, 6) is 1.74. The van der Waals surface area contributed by atoms with Crippen molar-refractivity contribution in [3.8, 4) is 11.5 Å². The van der Waals surface area contributed by atoms with Crippen molar-refractivity contribution in [3.05, 3.63) is 23.8 Å². The maximum atomic E-state index is 12.3. The predicted octanol–water partition coefficient (Wildman–Crippen LogP) is 1.11. The summed E-state index contributed by atoms with van der Waals surface area (Å²) in [7, 11) is 0. The number of benzene rings is 1. The third kappa shape index (κ3) is 1.97. The molecule has 0 aliphatic carbocycles. The molecule has 0 saturated carbocycles. The van der Waals surface area contributed by atoms with Crippen LogP contribution in [0.2, 0.25) is 0 Å². The minimum absolute atomic E-state index is 0.108. The smallest absolute Gasteiger partial charge is 0.256 e. The lowest BCUT2D eigenvalue weighted by Gasteiger charge is -2.21. The maximum Gasteiger partial charge on any atom is 0.256 e. The molecule has 2 heterocycles. The van der Waals surface area contributed by atoms with Crippen LogP contribution in [0, 0.1) is 0 Å². The second kappa shape index (κ2) is 4.40. The molecule has 0 bridgehead atoms. The van der Waals surface area contributed by atoms with E-state index in [0.29, 0.717) is 17.5 Å². The number of nitrogens with zero attached hydrogens (tertiary/aromatic N) is 1. The number of aliphatic imine (C=N–C) groups is 1. The normalized spacial score (nSPS) is 26.0. The number of fused-ring (bicyclic) bond motifs is 1. The van der Waals surface area contributed by atoms with Gasteiger partial charge in [-0.2, -0.15) is 0 Å². The van der Waals surface area contributed by atoms with Gasteiger partial charge in [-0.05, 0) is 38.5 Å². The number of ether oxygens (including phenoxy) is 2. The summed E-state index contributed by atoms with van der Waals surface area (Å²) in [6, 6.07) is 5.61. The highest BCUT2D eigenvalue weighted by molar-refractivity contribution is 6.09. The van der Waals surface area contributed by atoms with E-state index in [2.05, 4.69) is 15.6 Å². The van der Waals surface area contributed by atoms with Gasteiger partial charge in [-0.25, -0.2) is 0 Å². The highest BCUT2D eigenvalue weighted by atomic mass is 16.7. The molecule has 2 aliphatic rings. The van der Waals surface area contributed by atoms with Gasteiger partial charge in [0.15, 0.2) is 17.5 Å². The fourth-order valence-corrected chi connectivity index (χ4v) is 2.29. The first-order chi connectivity index (χ1) is 9.49. The summed E-state index contributed by atoms with van der Waals surface area (Å²) in [5.41, 5.74) is -0.0393. The zero-order valence-electron chi connectivity index (χ0n) is 11.7. The van der Waals surface area contributed by atoms with Gasteiger partial charge in [-0.1, -0.05) is 6.07 Å². The number of amides is 1. The summed E-state index contributed by atoms with van der Waals surface area (Å²) < 4.78 is 10.6. The van der Waals surface area contributed by atoms with Crippen LogP contribution >= 0.6 is 0 Å². The van der Waals surface area contributed by atoms with E-state index >= 15 is 0 Å². The lowest BCUT2D eigenvalue weighted by molar-refractivity contribution is -0.123. The Morgan fingerprint density at radius 1 is 1.30 bits per heavy atom. The Morgan fingerprint density at radius 3 is 2.80 bits per heavy atom. The van der Waals surface area contributed by atoms with Crippen LogP contribution < -0.4 is 20.1 Å². The monoisotopic (exact) mass is 275 g/mol. The molecule has 0 spiro atoms. The molecule has 1 fully saturated rings. The van der Waals surface area contributed by atoms with Gasteiger partial charge in [0.1, 0.15) is 5.54 Å². The molecule has 20 heavy (non-hydrogen) atoms. The van der Waals surface area contributed by atoms with E-state index in [1.165, 1.54) is 0 Å². The van der Waals surface area contributed by atoms with Crippen molar-refractivity contribution in [2.45, 2.75) is 32.4 Å². The third-order valence-electron chi connectivity index (χ3n) is 3.39. The number of rotatable bonds is 2. The molecule has 0 aromatic heterocycles. The van der Waals surface area contributed by atoms with E-state index in [-0.39, 0.29) is 18.7 Å². The lowest BCUT2D eigenvalue weighted by atomic mass is 9.92. The maximum absolute atomic E-state index is 12.3. The molecule has 1 amide bonds. The van der Waals surface area contributed by atoms with Crippen molar-refractivity contribution in [1.82, 2.24) is 10.6 Å². The van der Waals surface area contributed by atoms with Crippen LogP contribution in [0.1, 0.15) is 26.3 Å². The van der Waals surface area contributed by atoms with Gasteiger partial charge in [0, 0.05) is 6.04 Å². The number of nitrogens with one attached hydrogen (secondary N) is 2. The van der Waals surface area contributed by atoms with E-state index < -0.39 is 5.54 Å². The number of hydrogen-bond acceptors (Lipinski definition) is 4. The Kier molecular flexibility index (Phi) is 2.81. The molecule has 1 unspecified atom stereocenters. The molecule has 2 aliphatic heterocycles. The number of guanidine groups is 1. The molecule has 3 rings (SSSR count). The first kappa shape index (κ1) is 12.8. The number of carbonyl (C=O) groups excluding carboxylic acids is 1. The standard InChI is InChI=1S/C14H17N3O3/c1-8(2)15-13-16-12(18)14(3,17-13)9-4-5-10-11(6-9)20-7-19-10/h4-6,8H,7H2,1-3H3,(H2,15,16,17,18). The Labute approximate surface area is 117 Å². The van der Waals surface area contributed by atoms with Gasteiger partial charge in [-0.15, -0.1) is 0 Å². The number of carbonyl (C=O) groups is 1. The van der Waals surface area contributed by atoms with Gasteiger partial charge < -0.3 is 14.8 Å². The van der Waals surface area contributed by atoms with Crippen LogP contribution in [0.3, 0.4) is 0 Å². The summed E-state index contributed by atoms with van der Waals surface area (Å²) in [6.07, 6.45) is 0. The topological polar surface area (TPSA) is 72.0 Å². The predicted molar refractivity (Wildman–Crippen MR) is 73.8 cm³/mol. The highest BCUT2D eigenvalue weighted by Crippen LogP contribution is 2.36. The van der Waals surface area contributed by atoms with Crippen LogP contribution in [-0.4, -0.2) is 24.7 Å². The van der Waals surface area contributed by atoms with Gasteiger partial charge in [0.2, 0.25) is 6.79 Å². The van der Waals surface area contributed by atoms with Gasteiger partial charge >= 0.3 is 0 Å². The second-order valence-corrected chi connectivity index (χ2v) is 5.34. The Bertz CT molecular complexity index is 597. The van der Waals surface area contributed by atoms with E-state index in [0.717, 1.165) is 5.56 Å². The second-order valence-electron chi connectivity index (χ2n) is 5.34. The highest BCUT2D eigenvalue weighted by Gasteiger charge is 2.43. The molecule has 1 aromatic carbocycles. The van der Waals surface area contributed by atoms with E-state index in [1.807, 2.05) is 39.0 Å². The van der Waals surface area contributed by atoms with Gasteiger partial charge in [0.05, 0.1) is 0 Å². The zero-order chi connectivity index (χ0) is 14.3. The average molecular weight is 275 g/mol. The molecule has 6 heteroatoms.